The standard InChI is InChI=1S/C18H29N3/c1-19-17(18-15-8-5-9-16(15)18)12-13-10-11-21(20-13)14-6-3-2-4-7-14/h10-11,14-19H,2-9,12H2,1H3. The molecule has 1 aromatic heterocycles. The molecule has 0 spiro atoms. The van der Waals surface area contributed by atoms with Crippen LogP contribution in [-0.4, -0.2) is 22.9 Å². The lowest BCUT2D eigenvalue weighted by Crippen LogP contribution is -2.31. The summed E-state index contributed by atoms with van der Waals surface area (Å²) in [6, 6.07) is 3.58. The predicted molar refractivity (Wildman–Crippen MR) is 85.2 cm³/mol. The smallest absolute Gasteiger partial charge is 0.0640 e. The molecule has 3 atom stereocenters. The molecule has 1 N–H and O–H groups in total. The van der Waals surface area contributed by atoms with E-state index in [2.05, 4.69) is 29.3 Å². The normalized spacial score (nSPS) is 33.9. The van der Waals surface area contributed by atoms with Gasteiger partial charge in [0.25, 0.3) is 0 Å². The minimum absolute atomic E-state index is 0.648. The molecule has 3 nitrogen and oxygen atoms in total. The van der Waals surface area contributed by atoms with Gasteiger partial charge in [0.15, 0.2) is 0 Å². The van der Waals surface area contributed by atoms with Crippen molar-refractivity contribution in [2.24, 2.45) is 17.8 Å². The van der Waals surface area contributed by atoms with Crippen LogP contribution in [0.25, 0.3) is 0 Å². The summed E-state index contributed by atoms with van der Waals surface area (Å²) in [5, 5.41) is 8.48. The van der Waals surface area contributed by atoms with Gasteiger partial charge < -0.3 is 5.32 Å². The Kier molecular flexibility index (Phi) is 3.78. The van der Waals surface area contributed by atoms with Crippen molar-refractivity contribution in [2.75, 3.05) is 7.05 Å². The number of nitrogens with zero attached hydrogens (tertiary/aromatic N) is 2. The average molecular weight is 287 g/mol. The topological polar surface area (TPSA) is 29.9 Å². The van der Waals surface area contributed by atoms with Crippen LogP contribution in [0.4, 0.5) is 0 Å². The molecule has 4 rings (SSSR count). The van der Waals surface area contributed by atoms with Gasteiger partial charge in [0.05, 0.1) is 11.7 Å². The third-order valence-electron chi connectivity index (χ3n) is 6.35. The third kappa shape index (κ3) is 2.65. The van der Waals surface area contributed by atoms with Gasteiger partial charge in [-0.3, -0.25) is 4.68 Å². The molecule has 0 radical (unpaired) electrons. The van der Waals surface area contributed by atoms with E-state index in [1.807, 2.05) is 0 Å². The SMILES string of the molecule is CNC(Cc1ccn(C2CCCCC2)n1)C1C2CCCC21. The van der Waals surface area contributed by atoms with Gasteiger partial charge in [-0.1, -0.05) is 25.7 Å². The van der Waals surface area contributed by atoms with Gasteiger partial charge in [-0.2, -0.15) is 5.10 Å². The van der Waals surface area contributed by atoms with Crippen molar-refractivity contribution >= 4 is 0 Å². The van der Waals surface area contributed by atoms with Gasteiger partial charge in [-0.05, 0) is 56.6 Å². The van der Waals surface area contributed by atoms with Gasteiger partial charge >= 0.3 is 0 Å². The highest BCUT2D eigenvalue weighted by Crippen LogP contribution is 2.59. The molecule has 1 heterocycles. The van der Waals surface area contributed by atoms with Crippen LogP contribution in [0.3, 0.4) is 0 Å². The van der Waals surface area contributed by atoms with E-state index in [1.54, 1.807) is 0 Å². The Morgan fingerprint density at radius 2 is 1.90 bits per heavy atom. The molecule has 0 amide bonds. The number of rotatable bonds is 5. The van der Waals surface area contributed by atoms with Crippen molar-refractivity contribution < 1.29 is 0 Å². The molecule has 0 aromatic carbocycles. The molecule has 3 saturated carbocycles. The van der Waals surface area contributed by atoms with E-state index in [0.717, 1.165) is 24.2 Å². The molecule has 0 saturated heterocycles. The van der Waals surface area contributed by atoms with Gasteiger partial charge in [0.2, 0.25) is 0 Å². The second kappa shape index (κ2) is 5.75. The summed E-state index contributed by atoms with van der Waals surface area (Å²) in [6.07, 6.45) is 14.6. The molecule has 0 aliphatic heterocycles. The Labute approximate surface area is 128 Å². The second-order valence-electron chi connectivity index (χ2n) is 7.51. The minimum Gasteiger partial charge on any atom is -0.316 e. The fraction of sp³-hybridized carbons (Fsp3) is 0.833. The Morgan fingerprint density at radius 3 is 2.62 bits per heavy atom. The number of aromatic nitrogens is 2. The Balaban J connectivity index is 1.38. The van der Waals surface area contributed by atoms with Crippen LogP contribution in [-0.2, 0) is 6.42 Å². The first-order chi connectivity index (χ1) is 10.4. The summed E-state index contributed by atoms with van der Waals surface area (Å²) in [6.45, 7) is 0. The quantitative estimate of drug-likeness (QED) is 0.897. The van der Waals surface area contributed by atoms with Gasteiger partial charge in [-0.25, -0.2) is 0 Å². The van der Waals surface area contributed by atoms with E-state index in [-0.39, 0.29) is 0 Å². The van der Waals surface area contributed by atoms with Gasteiger partial charge in [0.1, 0.15) is 0 Å². The maximum absolute atomic E-state index is 4.90. The lowest BCUT2D eigenvalue weighted by Gasteiger charge is -2.22. The zero-order valence-electron chi connectivity index (χ0n) is 13.3. The Hall–Kier alpha value is -0.830. The minimum atomic E-state index is 0.648. The average Bonchev–Trinajstić information content (AvgIpc) is 2.92. The molecule has 1 aromatic rings. The van der Waals surface area contributed by atoms with Crippen molar-refractivity contribution in [3.05, 3.63) is 18.0 Å². The highest BCUT2D eigenvalue weighted by Gasteiger charge is 2.55. The number of hydrogen-bond donors (Lipinski definition) is 1. The fourth-order valence-electron chi connectivity index (χ4n) is 5.16. The third-order valence-corrected chi connectivity index (χ3v) is 6.35. The number of fused-ring (bicyclic) bond motifs is 1. The lowest BCUT2D eigenvalue weighted by molar-refractivity contribution is 0.326. The van der Waals surface area contributed by atoms with Crippen LogP contribution >= 0.6 is 0 Å². The highest BCUT2D eigenvalue weighted by atomic mass is 15.3. The first kappa shape index (κ1) is 13.8. The van der Waals surface area contributed by atoms with E-state index >= 15 is 0 Å². The van der Waals surface area contributed by atoms with Crippen LogP contribution in [0.1, 0.15) is 63.1 Å². The summed E-state index contributed by atoms with van der Waals surface area (Å²) in [5.74, 6) is 2.99. The summed E-state index contributed by atoms with van der Waals surface area (Å²) in [5.41, 5.74) is 1.30. The Morgan fingerprint density at radius 1 is 1.14 bits per heavy atom. The maximum atomic E-state index is 4.90. The number of likely N-dealkylation sites (N-methyl/N-ethyl adjacent to an activating group) is 1. The second-order valence-corrected chi connectivity index (χ2v) is 7.51. The largest absolute Gasteiger partial charge is 0.316 e. The van der Waals surface area contributed by atoms with Crippen molar-refractivity contribution in [3.63, 3.8) is 0 Å². The summed E-state index contributed by atoms with van der Waals surface area (Å²) < 4.78 is 2.26. The van der Waals surface area contributed by atoms with Gasteiger partial charge in [-0.15, -0.1) is 0 Å². The molecule has 3 heteroatoms. The van der Waals surface area contributed by atoms with E-state index < -0.39 is 0 Å². The summed E-state index contributed by atoms with van der Waals surface area (Å²) in [7, 11) is 2.14. The first-order valence-electron chi connectivity index (χ1n) is 9.08. The predicted octanol–water partition coefficient (Wildman–Crippen LogP) is 3.56. The number of hydrogen-bond acceptors (Lipinski definition) is 2. The molecule has 116 valence electrons. The fourth-order valence-corrected chi connectivity index (χ4v) is 5.16. The number of nitrogens with one attached hydrogen (secondary N) is 1. The molecule has 3 aliphatic carbocycles. The van der Waals surface area contributed by atoms with Crippen LogP contribution in [0.2, 0.25) is 0 Å². The maximum Gasteiger partial charge on any atom is 0.0640 e. The van der Waals surface area contributed by atoms with E-state index in [4.69, 9.17) is 5.10 Å². The summed E-state index contributed by atoms with van der Waals surface area (Å²) in [4.78, 5) is 0. The first-order valence-corrected chi connectivity index (χ1v) is 9.08. The van der Waals surface area contributed by atoms with Crippen molar-refractivity contribution in [1.82, 2.24) is 15.1 Å². The zero-order valence-corrected chi connectivity index (χ0v) is 13.3. The van der Waals surface area contributed by atoms with Gasteiger partial charge in [0, 0.05) is 18.7 Å². The van der Waals surface area contributed by atoms with Crippen molar-refractivity contribution in [2.45, 2.75) is 69.9 Å². The zero-order chi connectivity index (χ0) is 14.2. The van der Waals surface area contributed by atoms with Crippen LogP contribution in [0.15, 0.2) is 12.3 Å². The van der Waals surface area contributed by atoms with E-state index in [9.17, 15) is 0 Å². The monoisotopic (exact) mass is 287 g/mol. The highest BCUT2D eigenvalue weighted by molar-refractivity contribution is 5.11. The van der Waals surface area contributed by atoms with Crippen LogP contribution in [0, 0.1) is 17.8 Å². The molecule has 0 bridgehead atoms. The molecular weight excluding hydrogens is 258 g/mol. The van der Waals surface area contributed by atoms with Crippen molar-refractivity contribution in [3.8, 4) is 0 Å². The van der Waals surface area contributed by atoms with E-state index in [1.165, 1.54) is 57.1 Å². The van der Waals surface area contributed by atoms with Crippen molar-refractivity contribution in [1.29, 1.82) is 0 Å². The van der Waals surface area contributed by atoms with Crippen LogP contribution in [0.5, 0.6) is 0 Å². The van der Waals surface area contributed by atoms with E-state index in [0.29, 0.717) is 12.1 Å². The molecule has 3 unspecified atom stereocenters. The lowest BCUT2D eigenvalue weighted by atomic mass is 9.96. The Bertz CT molecular complexity index is 465. The summed E-state index contributed by atoms with van der Waals surface area (Å²) >= 11 is 0. The molecule has 3 aliphatic rings. The molecule has 3 fully saturated rings. The van der Waals surface area contributed by atoms with Crippen LogP contribution < -0.4 is 5.32 Å². The molecule has 21 heavy (non-hydrogen) atoms. The molecular formula is C18H29N3.